The van der Waals surface area contributed by atoms with E-state index in [2.05, 4.69) is 20.6 Å². The van der Waals surface area contributed by atoms with E-state index in [0.717, 1.165) is 5.01 Å². The van der Waals surface area contributed by atoms with Crippen molar-refractivity contribution < 1.29 is 17.9 Å². The smallest absolute Gasteiger partial charge is 0.350 e. The average molecular weight is 448 g/mol. The molecule has 0 fully saturated rings. The van der Waals surface area contributed by atoms with Crippen LogP contribution in [0.2, 0.25) is 0 Å². The van der Waals surface area contributed by atoms with Crippen molar-refractivity contribution in [3.63, 3.8) is 0 Å². The Morgan fingerprint density at radius 3 is 2.62 bits per heavy atom. The van der Waals surface area contributed by atoms with Crippen LogP contribution in [0.15, 0.2) is 4.99 Å². The standard InChI is InChI=1S/C18H33N5O4S2/c1-7-19-18(20-11-10-12-23(6)29(25,26)9-3)22-14(5)16-21-13(4)15(28-16)17(24)27-8-2/h14H,7-12H2,1-6H3,(H2,19,20,22). The van der Waals surface area contributed by atoms with E-state index in [4.69, 9.17) is 4.74 Å². The number of esters is 1. The first kappa shape index (κ1) is 25.3. The number of carbonyl (C=O) groups excluding carboxylic acids is 1. The summed E-state index contributed by atoms with van der Waals surface area (Å²) in [6, 6.07) is -0.150. The Bertz CT molecular complexity index is 792. The van der Waals surface area contributed by atoms with Gasteiger partial charge >= 0.3 is 5.97 Å². The van der Waals surface area contributed by atoms with Crippen molar-refractivity contribution in [3.8, 4) is 0 Å². The summed E-state index contributed by atoms with van der Waals surface area (Å²) in [4.78, 5) is 21.5. The molecule has 11 heteroatoms. The Balaban J connectivity index is 2.72. The zero-order valence-electron chi connectivity index (χ0n) is 18.1. The van der Waals surface area contributed by atoms with Gasteiger partial charge in [0.05, 0.1) is 24.1 Å². The fraction of sp³-hybridized carbons (Fsp3) is 0.722. The topological polar surface area (TPSA) is 113 Å². The molecule has 1 heterocycles. The second-order valence-corrected chi connectivity index (χ2v) is 9.78. The summed E-state index contributed by atoms with van der Waals surface area (Å²) < 4.78 is 30.0. The Morgan fingerprint density at radius 1 is 1.34 bits per heavy atom. The molecular formula is C18H33N5O4S2. The fourth-order valence-corrected chi connectivity index (χ4v) is 4.23. The number of thiazole rings is 1. The molecule has 0 radical (unpaired) electrons. The minimum atomic E-state index is -3.17. The van der Waals surface area contributed by atoms with Crippen LogP contribution >= 0.6 is 11.3 Å². The molecule has 1 rings (SSSR count). The van der Waals surface area contributed by atoms with Crippen molar-refractivity contribution >= 4 is 33.3 Å². The summed E-state index contributed by atoms with van der Waals surface area (Å²) in [5.41, 5.74) is 0.652. The lowest BCUT2D eigenvalue weighted by molar-refractivity contribution is 0.0531. The van der Waals surface area contributed by atoms with Crippen LogP contribution in [-0.2, 0) is 14.8 Å². The highest BCUT2D eigenvalue weighted by Crippen LogP contribution is 2.24. The van der Waals surface area contributed by atoms with E-state index in [0.29, 0.717) is 49.2 Å². The van der Waals surface area contributed by atoms with E-state index in [1.54, 1.807) is 27.8 Å². The molecule has 0 aromatic carbocycles. The molecule has 0 saturated carbocycles. The molecule has 0 bridgehead atoms. The minimum Gasteiger partial charge on any atom is -0.462 e. The first-order valence-corrected chi connectivity index (χ1v) is 12.2. The quantitative estimate of drug-likeness (QED) is 0.231. The number of nitrogens with zero attached hydrogens (tertiary/aromatic N) is 3. The van der Waals surface area contributed by atoms with Gasteiger partial charge in [-0.2, -0.15) is 0 Å². The molecule has 0 saturated heterocycles. The highest BCUT2D eigenvalue weighted by molar-refractivity contribution is 7.89. The molecule has 1 atom stereocenters. The molecule has 0 aliphatic carbocycles. The zero-order chi connectivity index (χ0) is 22.0. The van der Waals surface area contributed by atoms with Crippen LogP contribution in [0.4, 0.5) is 0 Å². The van der Waals surface area contributed by atoms with E-state index in [-0.39, 0.29) is 17.8 Å². The van der Waals surface area contributed by atoms with Crippen molar-refractivity contribution in [3.05, 3.63) is 15.6 Å². The first-order valence-electron chi connectivity index (χ1n) is 9.79. The Hall–Kier alpha value is -1.72. The molecule has 1 aromatic rings. The van der Waals surface area contributed by atoms with E-state index in [9.17, 15) is 13.2 Å². The number of nitrogens with one attached hydrogen (secondary N) is 2. The SMILES string of the molecule is CCNC(=NCCCN(C)S(=O)(=O)CC)NC(C)c1nc(C)c(C(=O)OCC)s1. The van der Waals surface area contributed by atoms with Crippen molar-refractivity contribution in [1.29, 1.82) is 0 Å². The van der Waals surface area contributed by atoms with E-state index in [1.165, 1.54) is 15.6 Å². The Morgan fingerprint density at radius 2 is 2.03 bits per heavy atom. The van der Waals surface area contributed by atoms with Crippen molar-refractivity contribution in [2.24, 2.45) is 4.99 Å². The van der Waals surface area contributed by atoms with Gasteiger partial charge in [0, 0.05) is 26.7 Å². The normalized spacial score (nSPS) is 13.4. The third kappa shape index (κ3) is 7.90. The van der Waals surface area contributed by atoms with Crippen LogP contribution < -0.4 is 10.6 Å². The second kappa shape index (κ2) is 12.1. The Kier molecular flexibility index (Phi) is 10.5. The molecule has 29 heavy (non-hydrogen) atoms. The number of sulfonamides is 1. The summed E-state index contributed by atoms with van der Waals surface area (Å²) >= 11 is 1.31. The number of guanidine groups is 1. The average Bonchev–Trinajstić information content (AvgIpc) is 3.07. The first-order chi connectivity index (χ1) is 13.7. The monoisotopic (exact) mass is 447 g/mol. The van der Waals surface area contributed by atoms with Gasteiger partial charge in [-0.3, -0.25) is 4.99 Å². The lowest BCUT2D eigenvalue weighted by Crippen LogP contribution is -2.39. The summed E-state index contributed by atoms with van der Waals surface area (Å²) in [6.07, 6.45) is 0.615. The molecule has 0 aliphatic rings. The lowest BCUT2D eigenvalue weighted by atomic mass is 10.3. The van der Waals surface area contributed by atoms with Gasteiger partial charge in [0.15, 0.2) is 5.96 Å². The molecule has 166 valence electrons. The lowest BCUT2D eigenvalue weighted by Gasteiger charge is -2.17. The Labute approximate surface area is 178 Å². The van der Waals surface area contributed by atoms with Gasteiger partial charge < -0.3 is 15.4 Å². The van der Waals surface area contributed by atoms with Crippen LogP contribution in [-0.4, -0.2) is 68.7 Å². The van der Waals surface area contributed by atoms with Crippen molar-refractivity contribution in [2.45, 2.75) is 47.1 Å². The maximum Gasteiger partial charge on any atom is 0.350 e. The molecular weight excluding hydrogens is 414 g/mol. The van der Waals surface area contributed by atoms with E-state index < -0.39 is 10.0 Å². The van der Waals surface area contributed by atoms with Crippen LogP contribution in [0.5, 0.6) is 0 Å². The summed E-state index contributed by atoms with van der Waals surface area (Å²) in [5.74, 6) is 0.356. The summed E-state index contributed by atoms with van der Waals surface area (Å²) in [5, 5.41) is 7.22. The van der Waals surface area contributed by atoms with Gasteiger partial charge in [-0.25, -0.2) is 22.5 Å². The number of ether oxygens (including phenoxy) is 1. The van der Waals surface area contributed by atoms with Gasteiger partial charge in [-0.1, -0.05) is 0 Å². The molecule has 0 amide bonds. The number of aliphatic imine (C=N–C) groups is 1. The van der Waals surface area contributed by atoms with Gasteiger partial charge in [0.2, 0.25) is 10.0 Å². The highest BCUT2D eigenvalue weighted by Gasteiger charge is 2.20. The van der Waals surface area contributed by atoms with Crippen LogP contribution in [0.3, 0.4) is 0 Å². The van der Waals surface area contributed by atoms with Crippen LogP contribution in [0, 0.1) is 6.92 Å². The molecule has 1 aromatic heterocycles. The minimum absolute atomic E-state index is 0.0928. The third-order valence-corrected chi connectivity index (χ3v) is 7.26. The fourth-order valence-electron chi connectivity index (χ4n) is 2.42. The van der Waals surface area contributed by atoms with Gasteiger partial charge in [0.1, 0.15) is 9.88 Å². The van der Waals surface area contributed by atoms with Crippen molar-refractivity contribution in [1.82, 2.24) is 19.9 Å². The number of rotatable bonds is 11. The number of hydrogen-bond donors (Lipinski definition) is 2. The van der Waals surface area contributed by atoms with Crippen molar-refractivity contribution in [2.75, 3.05) is 39.0 Å². The van der Waals surface area contributed by atoms with E-state index >= 15 is 0 Å². The highest BCUT2D eigenvalue weighted by atomic mass is 32.2. The number of hydrogen-bond acceptors (Lipinski definition) is 7. The molecule has 9 nitrogen and oxygen atoms in total. The maximum atomic E-state index is 12.0. The summed E-state index contributed by atoms with van der Waals surface area (Å²) in [6.45, 7) is 11.0. The predicted molar refractivity (Wildman–Crippen MR) is 117 cm³/mol. The molecule has 2 N–H and O–H groups in total. The number of aromatic nitrogens is 1. The molecule has 0 spiro atoms. The van der Waals surface area contributed by atoms with Crippen LogP contribution in [0.1, 0.15) is 60.5 Å². The molecule has 1 unspecified atom stereocenters. The maximum absolute atomic E-state index is 12.0. The second-order valence-electron chi connectivity index (χ2n) is 6.39. The zero-order valence-corrected chi connectivity index (χ0v) is 19.7. The van der Waals surface area contributed by atoms with Crippen LogP contribution in [0.25, 0.3) is 0 Å². The van der Waals surface area contributed by atoms with Gasteiger partial charge in [0.25, 0.3) is 0 Å². The third-order valence-electron chi connectivity index (χ3n) is 4.08. The number of aryl methyl sites for hydroxylation is 1. The van der Waals surface area contributed by atoms with Gasteiger partial charge in [-0.15, -0.1) is 11.3 Å². The largest absolute Gasteiger partial charge is 0.462 e. The predicted octanol–water partition coefficient (Wildman–Crippen LogP) is 1.92. The molecule has 0 aliphatic heterocycles. The summed E-state index contributed by atoms with van der Waals surface area (Å²) in [7, 11) is -1.58. The van der Waals surface area contributed by atoms with E-state index in [1.807, 2.05) is 13.8 Å². The number of carbonyl (C=O) groups is 1. The van der Waals surface area contributed by atoms with Gasteiger partial charge in [-0.05, 0) is 41.0 Å².